The van der Waals surface area contributed by atoms with E-state index < -0.39 is 0 Å². The Bertz CT molecular complexity index is 464. The molecule has 20 heavy (non-hydrogen) atoms. The van der Waals surface area contributed by atoms with Gasteiger partial charge in [-0.2, -0.15) is 0 Å². The van der Waals surface area contributed by atoms with Crippen LogP contribution in [0.1, 0.15) is 33.4 Å². The third kappa shape index (κ3) is 4.05. The highest BCUT2D eigenvalue weighted by Crippen LogP contribution is 2.23. The number of piperazine rings is 1. The Kier molecular flexibility index (Phi) is 4.45. The van der Waals surface area contributed by atoms with Crippen molar-refractivity contribution in [3.63, 3.8) is 0 Å². The first-order chi connectivity index (χ1) is 9.34. The Morgan fingerprint density at radius 2 is 2.35 bits per heavy atom. The average Bonchev–Trinajstić information content (AvgIpc) is 2.76. The smallest absolute Gasteiger partial charge is 0.240 e. The van der Waals surface area contributed by atoms with Crippen LogP contribution in [0.2, 0.25) is 0 Å². The number of amides is 1. The van der Waals surface area contributed by atoms with Crippen molar-refractivity contribution in [2.45, 2.75) is 39.2 Å². The largest absolute Gasteiger partial charge is 0.338 e. The van der Waals surface area contributed by atoms with E-state index in [1.165, 1.54) is 0 Å². The van der Waals surface area contributed by atoms with E-state index in [1.54, 1.807) is 6.07 Å². The molecule has 6 heteroatoms. The van der Waals surface area contributed by atoms with Crippen LogP contribution in [-0.4, -0.2) is 48.2 Å². The molecule has 1 unspecified atom stereocenters. The molecule has 1 aromatic rings. The Balaban J connectivity index is 1.86. The summed E-state index contributed by atoms with van der Waals surface area (Å²) in [7, 11) is 0. The molecule has 0 spiro atoms. The lowest BCUT2D eigenvalue weighted by Crippen LogP contribution is -2.51. The van der Waals surface area contributed by atoms with Gasteiger partial charge in [-0.3, -0.25) is 15.0 Å². The number of carbonyl (C=O) groups is 1. The first-order valence-corrected chi connectivity index (χ1v) is 7.07. The number of rotatable bonds is 3. The van der Waals surface area contributed by atoms with Crippen LogP contribution in [0.5, 0.6) is 0 Å². The standard InChI is InChI=1S/C14H24N4O2/c1-10-8-18(6-5-15-10)9-12(19)16-13-7-11(17-20-13)14(2,3)4/h7,10,15H,5-6,8-9H2,1-4H3,(H,16,19). The minimum absolute atomic E-state index is 0.0595. The van der Waals surface area contributed by atoms with E-state index in [0.717, 1.165) is 25.3 Å². The number of anilines is 1. The fraction of sp³-hybridized carbons (Fsp3) is 0.714. The molecule has 1 atom stereocenters. The summed E-state index contributed by atoms with van der Waals surface area (Å²) in [5, 5.41) is 10.1. The van der Waals surface area contributed by atoms with Gasteiger partial charge in [0, 0.05) is 37.2 Å². The zero-order valence-electron chi connectivity index (χ0n) is 12.7. The van der Waals surface area contributed by atoms with Crippen molar-refractivity contribution >= 4 is 11.8 Å². The van der Waals surface area contributed by atoms with Crippen LogP contribution in [0.3, 0.4) is 0 Å². The molecule has 112 valence electrons. The van der Waals surface area contributed by atoms with Crippen molar-refractivity contribution in [1.82, 2.24) is 15.4 Å². The normalized spacial score (nSPS) is 20.9. The number of hydrogen-bond donors (Lipinski definition) is 2. The van der Waals surface area contributed by atoms with E-state index in [9.17, 15) is 4.79 Å². The highest BCUT2D eigenvalue weighted by molar-refractivity contribution is 5.91. The Hall–Kier alpha value is -1.40. The third-order valence-electron chi connectivity index (χ3n) is 3.36. The van der Waals surface area contributed by atoms with E-state index in [1.807, 2.05) is 0 Å². The van der Waals surface area contributed by atoms with E-state index in [0.29, 0.717) is 18.5 Å². The van der Waals surface area contributed by atoms with Gasteiger partial charge in [-0.25, -0.2) is 0 Å². The predicted molar refractivity (Wildman–Crippen MR) is 77.7 cm³/mol. The van der Waals surface area contributed by atoms with Crippen LogP contribution in [0.25, 0.3) is 0 Å². The molecule has 0 aliphatic carbocycles. The van der Waals surface area contributed by atoms with E-state index in [-0.39, 0.29) is 11.3 Å². The molecule has 2 heterocycles. The maximum absolute atomic E-state index is 12.0. The summed E-state index contributed by atoms with van der Waals surface area (Å²) in [4.78, 5) is 14.1. The van der Waals surface area contributed by atoms with Gasteiger partial charge in [-0.05, 0) is 6.92 Å². The molecule has 1 aliphatic rings. The predicted octanol–water partition coefficient (Wildman–Crippen LogP) is 1.20. The number of carbonyl (C=O) groups excluding carboxylic acids is 1. The fourth-order valence-corrected chi connectivity index (χ4v) is 2.22. The number of aromatic nitrogens is 1. The molecule has 0 bridgehead atoms. The molecule has 0 saturated carbocycles. The van der Waals surface area contributed by atoms with Crippen LogP contribution in [0.15, 0.2) is 10.6 Å². The first-order valence-electron chi connectivity index (χ1n) is 7.07. The molecule has 1 fully saturated rings. The van der Waals surface area contributed by atoms with Crippen molar-refractivity contribution in [3.05, 3.63) is 11.8 Å². The SMILES string of the molecule is CC1CN(CC(=O)Nc2cc(C(C)(C)C)no2)CCN1. The number of nitrogens with zero attached hydrogens (tertiary/aromatic N) is 2. The quantitative estimate of drug-likeness (QED) is 0.870. The zero-order valence-corrected chi connectivity index (χ0v) is 12.7. The monoisotopic (exact) mass is 280 g/mol. The fourth-order valence-electron chi connectivity index (χ4n) is 2.22. The molecule has 1 aromatic heterocycles. The van der Waals surface area contributed by atoms with Gasteiger partial charge in [0.1, 0.15) is 0 Å². The highest BCUT2D eigenvalue weighted by atomic mass is 16.5. The van der Waals surface area contributed by atoms with Gasteiger partial charge < -0.3 is 9.84 Å². The molecular formula is C14H24N4O2. The molecule has 2 N–H and O–H groups in total. The summed E-state index contributed by atoms with van der Waals surface area (Å²) in [6.07, 6.45) is 0. The summed E-state index contributed by atoms with van der Waals surface area (Å²) in [6, 6.07) is 2.22. The van der Waals surface area contributed by atoms with Gasteiger partial charge in [-0.15, -0.1) is 0 Å². The Labute approximate surface area is 119 Å². The summed E-state index contributed by atoms with van der Waals surface area (Å²) in [6.45, 7) is 11.4. The van der Waals surface area contributed by atoms with Crippen LogP contribution < -0.4 is 10.6 Å². The van der Waals surface area contributed by atoms with Gasteiger partial charge >= 0.3 is 0 Å². The summed E-state index contributed by atoms with van der Waals surface area (Å²) < 4.78 is 5.16. The summed E-state index contributed by atoms with van der Waals surface area (Å²) in [5.41, 5.74) is 0.754. The molecule has 1 amide bonds. The Morgan fingerprint density at radius 3 is 2.95 bits per heavy atom. The van der Waals surface area contributed by atoms with Crippen molar-refractivity contribution in [2.75, 3.05) is 31.5 Å². The summed E-state index contributed by atoms with van der Waals surface area (Å²) in [5.74, 6) is 0.360. The van der Waals surface area contributed by atoms with Crippen molar-refractivity contribution in [1.29, 1.82) is 0 Å². The molecular weight excluding hydrogens is 256 g/mol. The molecule has 2 rings (SSSR count). The number of hydrogen-bond acceptors (Lipinski definition) is 5. The molecule has 0 aromatic carbocycles. The van der Waals surface area contributed by atoms with Gasteiger partial charge in [0.2, 0.25) is 11.8 Å². The minimum atomic E-state index is -0.0829. The van der Waals surface area contributed by atoms with Crippen LogP contribution in [-0.2, 0) is 10.2 Å². The van der Waals surface area contributed by atoms with E-state index in [4.69, 9.17) is 4.52 Å². The first kappa shape index (κ1) is 15.0. The highest BCUT2D eigenvalue weighted by Gasteiger charge is 2.21. The molecule has 1 aliphatic heterocycles. The van der Waals surface area contributed by atoms with Crippen molar-refractivity contribution in [2.24, 2.45) is 0 Å². The minimum Gasteiger partial charge on any atom is -0.338 e. The maximum Gasteiger partial charge on any atom is 0.240 e. The second-order valence-corrected chi connectivity index (χ2v) is 6.46. The topological polar surface area (TPSA) is 70.4 Å². The van der Waals surface area contributed by atoms with Crippen LogP contribution in [0, 0.1) is 0 Å². The van der Waals surface area contributed by atoms with Crippen LogP contribution >= 0.6 is 0 Å². The van der Waals surface area contributed by atoms with Gasteiger partial charge in [0.15, 0.2) is 0 Å². The van der Waals surface area contributed by atoms with E-state index >= 15 is 0 Å². The lowest BCUT2D eigenvalue weighted by molar-refractivity contribution is -0.117. The van der Waals surface area contributed by atoms with Crippen molar-refractivity contribution < 1.29 is 9.32 Å². The van der Waals surface area contributed by atoms with Crippen LogP contribution in [0.4, 0.5) is 5.88 Å². The Morgan fingerprint density at radius 1 is 1.60 bits per heavy atom. The van der Waals surface area contributed by atoms with Gasteiger partial charge in [0.05, 0.1) is 12.2 Å². The maximum atomic E-state index is 12.0. The van der Waals surface area contributed by atoms with Gasteiger partial charge in [-0.1, -0.05) is 25.9 Å². The lowest BCUT2D eigenvalue weighted by atomic mass is 9.92. The van der Waals surface area contributed by atoms with Gasteiger partial charge in [0.25, 0.3) is 0 Å². The second kappa shape index (κ2) is 5.93. The van der Waals surface area contributed by atoms with Crippen molar-refractivity contribution in [3.8, 4) is 0 Å². The number of nitrogens with one attached hydrogen (secondary N) is 2. The van der Waals surface area contributed by atoms with E-state index in [2.05, 4.69) is 48.4 Å². The molecule has 6 nitrogen and oxygen atoms in total. The third-order valence-corrected chi connectivity index (χ3v) is 3.36. The molecule has 1 saturated heterocycles. The zero-order chi connectivity index (χ0) is 14.8. The molecule has 0 radical (unpaired) electrons. The average molecular weight is 280 g/mol. The summed E-state index contributed by atoms with van der Waals surface area (Å²) >= 11 is 0. The lowest BCUT2D eigenvalue weighted by Gasteiger charge is -2.30. The second-order valence-electron chi connectivity index (χ2n) is 6.46.